The Morgan fingerprint density at radius 3 is 2.38 bits per heavy atom. The number of aromatic nitrogens is 4. The Bertz CT molecular complexity index is 997. The summed E-state index contributed by atoms with van der Waals surface area (Å²) < 4.78 is 9.82. The monoisotopic (exact) mass is 328 g/mol. The molecule has 0 radical (unpaired) electrons. The molecule has 0 N–H and O–H groups in total. The van der Waals surface area contributed by atoms with Crippen LogP contribution in [0.5, 0.6) is 6.01 Å². The number of nitrogens with zero attached hydrogens (tertiary/aromatic N) is 4. The maximum Gasteiger partial charge on any atom is 0.332 e. The third-order valence-corrected chi connectivity index (χ3v) is 3.84. The van der Waals surface area contributed by atoms with Crippen molar-refractivity contribution in [3.05, 3.63) is 56.7 Å². The quantitative estimate of drug-likeness (QED) is 0.723. The highest BCUT2D eigenvalue weighted by atomic mass is 16.5. The zero-order valence-corrected chi connectivity index (χ0v) is 14.2. The largest absolute Gasteiger partial charge is 0.462 e. The molecule has 0 saturated carbocycles. The predicted molar refractivity (Wildman–Crippen MR) is 91.5 cm³/mol. The highest BCUT2D eigenvalue weighted by Gasteiger charge is 2.19. The van der Waals surface area contributed by atoms with E-state index < -0.39 is 5.69 Å². The molecule has 0 aliphatic heterocycles. The van der Waals surface area contributed by atoms with E-state index in [1.165, 1.54) is 9.13 Å². The number of benzene rings is 1. The third-order valence-electron chi connectivity index (χ3n) is 3.84. The van der Waals surface area contributed by atoms with Gasteiger partial charge in [0.1, 0.15) is 0 Å². The lowest BCUT2D eigenvalue weighted by Crippen LogP contribution is -2.39. The van der Waals surface area contributed by atoms with E-state index in [0.29, 0.717) is 17.2 Å². The summed E-state index contributed by atoms with van der Waals surface area (Å²) in [6.07, 6.45) is -0.0796. The van der Waals surface area contributed by atoms with Crippen LogP contribution in [0.4, 0.5) is 0 Å². The fourth-order valence-corrected chi connectivity index (χ4v) is 2.65. The minimum Gasteiger partial charge on any atom is -0.462 e. The second-order valence-corrected chi connectivity index (χ2v) is 6.01. The Morgan fingerprint density at radius 1 is 1.08 bits per heavy atom. The molecule has 7 heteroatoms. The molecule has 0 saturated heterocycles. The standard InChI is InChI=1S/C17H20N4O3/c1-11(2)24-16-18-14-13(19(16)3)15(22)21(17(23)20(14)4)10-12-8-6-5-7-9-12/h5-9,11H,10H2,1-4H3. The van der Waals surface area contributed by atoms with Crippen molar-refractivity contribution in [2.75, 3.05) is 0 Å². The molecule has 2 aromatic heterocycles. The molecule has 1 aromatic carbocycles. The van der Waals surface area contributed by atoms with Gasteiger partial charge in [-0.05, 0) is 19.4 Å². The highest BCUT2D eigenvalue weighted by molar-refractivity contribution is 5.71. The van der Waals surface area contributed by atoms with Gasteiger partial charge in [-0.3, -0.25) is 18.5 Å². The summed E-state index contributed by atoms with van der Waals surface area (Å²) in [5.74, 6) is 0. The molecule has 0 fully saturated rings. The third kappa shape index (κ3) is 2.62. The van der Waals surface area contributed by atoms with Crippen molar-refractivity contribution in [2.45, 2.75) is 26.5 Å². The predicted octanol–water partition coefficient (Wildman–Crippen LogP) is 1.27. The van der Waals surface area contributed by atoms with E-state index in [9.17, 15) is 9.59 Å². The zero-order valence-electron chi connectivity index (χ0n) is 14.2. The summed E-state index contributed by atoms with van der Waals surface area (Å²) in [4.78, 5) is 29.8. The number of aryl methyl sites for hydroxylation is 2. The Labute approximate surface area is 138 Å². The first-order valence-electron chi connectivity index (χ1n) is 7.77. The highest BCUT2D eigenvalue weighted by Crippen LogP contribution is 2.16. The average molecular weight is 328 g/mol. The second kappa shape index (κ2) is 5.99. The molecule has 24 heavy (non-hydrogen) atoms. The van der Waals surface area contributed by atoms with Gasteiger partial charge in [0.05, 0.1) is 12.6 Å². The Balaban J connectivity index is 2.23. The number of ether oxygens (including phenoxy) is 1. The van der Waals surface area contributed by atoms with Gasteiger partial charge in [0.25, 0.3) is 11.6 Å². The van der Waals surface area contributed by atoms with Crippen LogP contribution in [-0.2, 0) is 20.6 Å². The molecule has 2 heterocycles. The first-order chi connectivity index (χ1) is 11.4. The van der Waals surface area contributed by atoms with E-state index in [0.717, 1.165) is 5.56 Å². The van der Waals surface area contributed by atoms with Crippen molar-refractivity contribution in [1.82, 2.24) is 18.7 Å². The van der Waals surface area contributed by atoms with Crippen molar-refractivity contribution in [1.29, 1.82) is 0 Å². The maximum atomic E-state index is 12.9. The smallest absolute Gasteiger partial charge is 0.332 e. The van der Waals surface area contributed by atoms with E-state index in [-0.39, 0.29) is 18.2 Å². The molecule has 0 unspecified atom stereocenters. The molecular weight excluding hydrogens is 308 g/mol. The van der Waals surface area contributed by atoms with E-state index in [1.54, 1.807) is 18.7 Å². The summed E-state index contributed by atoms with van der Waals surface area (Å²) in [5.41, 5.74) is 0.795. The van der Waals surface area contributed by atoms with Crippen LogP contribution in [0.15, 0.2) is 39.9 Å². The molecule has 0 bridgehead atoms. The van der Waals surface area contributed by atoms with Gasteiger partial charge in [-0.25, -0.2) is 4.79 Å². The van der Waals surface area contributed by atoms with Gasteiger partial charge in [-0.15, -0.1) is 0 Å². The van der Waals surface area contributed by atoms with Crippen LogP contribution in [0.25, 0.3) is 11.2 Å². The first-order valence-corrected chi connectivity index (χ1v) is 7.77. The van der Waals surface area contributed by atoms with E-state index in [2.05, 4.69) is 4.98 Å². The van der Waals surface area contributed by atoms with Crippen molar-refractivity contribution < 1.29 is 4.74 Å². The second-order valence-electron chi connectivity index (χ2n) is 6.01. The van der Waals surface area contributed by atoms with Crippen LogP contribution >= 0.6 is 0 Å². The minimum absolute atomic E-state index is 0.0796. The number of rotatable bonds is 4. The van der Waals surface area contributed by atoms with Gasteiger partial charge >= 0.3 is 5.69 Å². The van der Waals surface area contributed by atoms with Crippen molar-refractivity contribution in [3.63, 3.8) is 0 Å². The van der Waals surface area contributed by atoms with Gasteiger partial charge in [0.2, 0.25) is 0 Å². The van der Waals surface area contributed by atoms with E-state index >= 15 is 0 Å². The van der Waals surface area contributed by atoms with Gasteiger partial charge < -0.3 is 4.74 Å². The molecule has 3 rings (SSSR count). The Hall–Kier alpha value is -2.83. The van der Waals surface area contributed by atoms with Gasteiger partial charge in [-0.1, -0.05) is 30.3 Å². The fourth-order valence-electron chi connectivity index (χ4n) is 2.65. The van der Waals surface area contributed by atoms with Gasteiger partial charge in [0, 0.05) is 14.1 Å². The molecule has 3 aromatic rings. The van der Waals surface area contributed by atoms with Crippen LogP contribution in [0, 0.1) is 0 Å². The fraction of sp³-hybridized carbons (Fsp3) is 0.353. The zero-order chi connectivity index (χ0) is 17.4. The normalized spacial score (nSPS) is 11.4. The molecule has 0 atom stereocenters. The lowest BCUT2D eigenvalue weighted by Gasteiger charge is -2.09. The summed E-state index contributed by atoms with van der Waals surface area (Å²) in [6, 6.07) is 9.73. The van der Waals surface area contributed by atoms with E-state index in [1.807, 2.05) is 44.2 Å². The number of hydrogen-bond acceptors (Lipinski definition) is 4. The lowest BCUT2D eigenvalue weighted by atomic mass is 10.2. The van der Waals surface area contributed by atoms with Crippen LogP contribution in [0.3, 0.4) is 0 Å². The number of imidazole rings is 1. The number of fused-ring (bicyclic) bond motifs is 1. The molecule has 0 amide bonds. The molecule has 0 spiro atoms. The summed E-state index contributed by atoms with van der Waals surface area (Å²) in [5, 5.41) is 0. The van der Waals surface area contributed by atoms with Crippen molar-refractivity contribution >= 4 is 11.2 Å². The topological polar surface area (TPSA) is 71.1 Å². The summed E-state index contributed by atoms with van der Waals surface area (Å²) in [6.45, 7) is 3.98. The Kier molecular flexibility index (Phi) is 4.01. The number of hydrogen-bond donors (Lipinski definition) is 0. The SMILES string of the molecule is CC(C)Oc1nc2c(c(=O)n(Cc3ccccc3)c(=O)n2C)n1C. The van der Waals surface area contributed by atoms with Gasteiger partial charge in [-0.2, -0.15) is 4.98 Å². The maximum absolute atomic E-state index is 12.9. The average Bonchev–Trinajstić information content (AvgIpc) is 2.87. The Morgan fingerprint density at radius 2 is 1.75 bits per heavy atom. The summed E-state index contributed by atoms with van der Waals surface area (Å²) >= 11 is 0. The summed E-state index contributed by atoms with van der Waals surface area (Å²) in [7, 11) is 3.32. The molecule has 126 valence electrons. The van der Waals surface area contributed by atoms with E-state index in [4.69, 9.17) is 4.74 Å². The van der Waals surface area contributed by atoms with Crippen LogP contribution in [0.2, 0.25) is 0 Å². The molecule has 7 nitrogen and oxygen atoms in total. The first kappa shape index (κ1) is 16.0. The van der Waals surface area contributed by atoms with Crippen LogP contribution in [-0.4, -0.2) is 24.8 Å². The van der Waals surface area contributed by atoms with Crippen molar-refractivity contribution in [3.8, 4) is 6.01 Å². The van der Waals surface area contributed by atoms with Gasteiger partial charge in [0.15, 0.2) is 11.2 Å². The van der Waals surface area contributed by atoms with Crippen molar-refractivity contribution in [2.24, 2.45) is 14.1 Å². The molecule has 0 aliphatic carbocycles. The molecular formula is C17H20N4O3. The molecule has 0 aliphatic rings. The minimum atomic E-state index is -0.398. The lowest BCUT2D eigenvalue weighted by molar-refractivity contribution is 0.216. The van der Waals surface area contributed by atoms with Crippen LogP contribution < -0.4 is 16.0 Å². The van der Waals surface area contributed by atoms with Crippen LogP contribution in [0.1, 0.15) is 19.4 Å².